The van der Waals surface area contributed by atoms with E-state index in [9.17, 15) is 14.4 Å². The molecule has 1 aliphatic heterocycles. The van der Waals surface area contributed by atoms with Crippen molar-refractivity contribution in [2.24, 2.45) is 0 Å². The van der Waals surface area contributed by atoms with E-state index in [0.717, 1.165) is 5.75 Å². The van der Waals surface area contributed by atoms with Crippen LogP contribution in [0.2, 0.25) is 0 Å². The Hall–Kier alpha value is -4.13. The van der Waals surface area contributed by atoms with Gasteiger partial charge >= 0.3 is 5.97 Å². The van der Waals surface area contributed by atoms with Crippen LogP contribution in [0.5, 0.6) is 11.5 Å². The van der Waals surface area contributed by atoms with Crippen LogP contribution in [0.4, 0.5) is 0 Å². The number of fused-ring (bicyclic) bond motifs is 1. The lowest BCUT2D eigenvalue weighted by Gasteiger charge is -2.13. The highest BCUT2D eigenvalue weighted by Crippen LogP contribution is 2.23. The number of amides is 2. The third-order valence-corrected chi connectivity index (χ3v) is 4.59. The molecule has 2 amide bonds. The van der Waals surface area contributed by atoms with Crippen molar-refractivity contribution in [3.63, 3.8) is 0 Å². The maximum atomic E-state index is 12.3. The minimum atomic E-state index is -0.709. The summed E-state index contributed by atoms with van der Waals surface area (Å²) in [4.78, 5) is 41.8. The molecule has 1 aliphatic rings. The third-order valence-electron chi connectivity index (χ3n) is 4.59. The fourth-order valence-corrected chi connectivity index (χ4v) is 3.09. The second-order valence-electron chi connectivity index (χ2n) is 6.74. The number of hydroxylamine groups is 2. The molecule has 3 aromatic carbocycles. The van der Waals surface area contributed by atoms with Crippen LogP contribution in [-0.4, -0.2) is 36.1 Å². The van der Waals surface area contributed by atoms with Gasteiger partial charge in [-0.25, -0.2) is 4.79 Å². The SMILES string of the molecule is O=C(Cc1ccc(OCCOc2ccccc2)cc1)ON1C(=O)c2ccccc2C1=O. The molecule has 0 atom stereocenters. The number of hydrogen-bond donors (Lipinski definition) is 0. The largest absolute Gasteiger partial charge is 0.490 e. The Kier molecular flexibility index (Phi) is 5.93. The zero-order valence-electron chi connectivity index (χ0n) is 16.5. The number of para-hydroxylation sites is 1. The van der Waals surface area contributed by atoms with E-state index in [1.54, 1.807) is 36.4 Å². The van der Waals surface area contributed by atoms with Crippen molar-refractivity contribution in [1.29, 1.82) is 0 Å². The highest BCUT2D eigenvalue weighted by atomic mass is 16.7. The molecule has 4 rings (SSSR count). The summed E-state index contributed by atoms with van der Waals surface area (Å²) in [5.74, 6) is -0.586. The fraction of sp³-hybridized carbons (Fsp3) is 0.125. The number of carbonyl (C=O) groups excluding carboxylic acids is 3. The van der Waals surface area contributed by atoms with Crippen LogP contribution in [0.15, 0.2) is 78.9 Å². The first-order chi connectivity index (χ1) is 15.1. The van der Waals surface area contributed by atoms with E-state index in [1.807, 2.05) is 30.3 Å². The Morgan fingerprint density at radius 3 is 1.77 bits per heavy atom. The van der Waals surface area contributed by atoms with Gasteiger partial charge in [0.25, 0.3) is 11.8 Å². The Morgan fingerprint density at radius 1 is 0.677 bits per heavy atom. The first kappa shape index (κ1) is 20.2. The van der Waals surface area contributed by atoms with Crippen LogP contribution in [-0.2, 0) is 16.1 Å². The van der Waals surface area contributed by atoms with Gasteiger partial charge in [0.05, 0.1) is 17.5 Å². The maximum Gasteiger partial charge on any atom is 0.337 e. The van der Waals surface area contributed by atoms with E-state index in [4.69, 9.17) is 14.3 Å². The molecule has 0 unspecified atom stereocenters. The number of nitrogens with zero attached hydrogens (tertiary/aromatic N) is 1. The van der Waals surface area contributed by atoms with Crippen LogP contribution in [0.1, 0.15) is 26.3 Å². The molecular weight excluding hydrogens is 398 g/mol. The van der Waals surface area contributed by atoms with Gasteiger partial charge in [-0.2, -0.15) is 0 Å². The maximum absolute atomic E-state index is 12.3. The highest BCUT2D eigenvalue weighted by molar-refractivity contribution is 6.20. The molecule has 3 aromatic rings. The van der Waals surface area contributed by atoms with Gasteiger partial charge in [-0.05, 0) is 42.0 Å². The van der Waals surface area contributed by atoms with Crippen molar-refractivity contribution < 1.29 is 28.7 Å². The summed E-state index contributed by atoms with van der Waals surface area (Å²) in [6, 6.07) is 22.7. The molecule has 0 saturated heterocycles. The predicted octanol–water partition coefficient (Wildman–Crippen LogP) is 3.44. The highest BCUT2D eigenvalue weighted by Gasteiger charge is 2.38. The quantitative estimate of drug-likeness (QED) is 0.413. The predicted molar refractivity (Wildman–Crippen MR) is 111 cm³/mol. The van der Waals surface area contributed by atoms with E-state index in [2.05, 4.69) is 0 Å². The van der Waals surface area contributed by atoms with Crippen LogP contribution < -0.4 is 9.47 Å². The minimum Gasteiger partial charge on any atom is -0.490 e. The van der Waals surface area contributed by atoms with Crippen LogP contribution >= 0.6 is 0 Å². The molecular formula is C24H19NO6. The summed E-state index contributed by atoms with van der Waals surface area (Å²) >= 11 is 0. The summed E-state index contributed by atoms with van der Waals surface area (Å²) in [6.07, 6.45) is -0.0925. The lowest BCUT2D eigenvalue weighted by atomic mass is 10.1. The second kappa shape index (κ2) is 9.13. The van der Waals surface area contributed by atoms with Crippen molar-refractivity contribution in [1.82, 2.24) is 5.06 Å². The van der Waals surface area contributed by atoms with Crippen LogP contribution in [0, 0.1) is 0 Å². The summed E-state index contributed by atoms with van der Waals surface area (Å²) in [7, 11) is 0. The van der Waals surface area contributed by atoms with E-state index >= 15 is 0 Å². The molecule has 0 N–H and O–H groups in total. The van der Waals surface area contributed by atoms with Gasteiger partial charge in [-0.3, -0.25) is 9.59 Å². The summed E-state index contributed by atoms with van der Waals surface area (Å²) in [6.45, 7) is 0.772. The Labute approximate surface area is 178 Å². The molecule has 0 radical (unpaired) electrons. The number of ether oxygens (including phenoxy) is 2. The van der Waals surface area contributed by atoms with Gasteiger partial charge in [0.15, 0.2) is 0 Å². The topological polar surface area (TPSA) is 82.1 Å². The second-order valence-corrected chi connectivity index (χ2v) is 6.74. The van der Waals surface area contributed by atoms with E-state index in [0.29, 0.717) is 29.6 Å². The van der Waals surface area contributed by atoms with E-state index in [-0.39, 0.29) is 17.5 Å². The average molecular weight is 417 g/mol. The number of imide groups is 1. The number of carbonyl (C=O) groups is 3. The molecule has 1 heterocycles. The molecule has 0 saturated carbocycles. The van der Waals surface area contributed by atoms with Crippen LogP contribution in [0.25, 0.3) is 0 Å². The van der Waals surface area contributed by atoms with Crippen molar-refractivity contribution in [2.75, 3.05) is 13.2 Å². The number of rotatable bonds is 8. The lowest BCUT2D eigenvalue weighted by Crippen LogP contribution is -2.33. The molecule has 0 fully saturated rings. The van der Waals surface area contributed by atoms with E-state index in [1.165, 1.54) is 12.1 Å². The van der Waals surface area contributed by atoms with Gasteiger partial charge in [0.2, 0.25) is 0 Å². The lowest BCUT2D eigenvalue weighted by molar-refractivity contribution is -0.167. The van der Waals surface area contributed by atoms with Gasteiger partial charge in [-0.1, -0.05) is 47.5 Å². The normalized spacial score (nSPS) is 12.5. The average Bonchev–Trinajstić information content (AvgIpc) is 3.03. The Balaban J connectivity index is 1.25. The van der Waals surface area contributed by atoms with Gasteiger partial charge in [0.1, 0.15) is 24.7 Å². The molecule has 0 bridgehead atoms. The first-order valence-corrected chi connectivity index (χ1v) is 9.70. The zero-order chi connectivity index (χ0) is 21.6. The molecule has 0 aliphatic carbocycles. The Morgan fingerprint density at radius 2 is 1.19 bits per heavy atom. The van der Waals surface area contributed by atoms with Crippen molar-refractivity contribution in [2.45, 2.75) is 6.42 Å². The molecule has 0 aromatic heterocycles. The number of benzene rings is 3. The van der Waals surface area contributed by atoms with Crippen LogP contribution in [0.3, 0.4) is 0 Å². The van der Waals surface area contributed by atoms with Gasteiger partial charge in [0, 0.05) is 0 Å². The zero-order valence-corrected chi connectivity index (χ0v) is 16.5. The van der Waals surface area contributed by atoms with E-state index < -0.39 is 17.8 Å². The summed E-state index contributed by atoms with van der Waals surface area (Å²) in [5, 5.41) is 0.511. The molecule has 7 nitrogen and oxygen atoms in total. The third kappa shape index (κ3) is 4.72. The molecule has 156 valence electrons. The van der Waals surface area contributed by atoms with Crippen molar-refractivity contribution >= 4 is 17.8 Å². The molecule has 7 heteroatoms. The Bertz CT molecular complexity index is 1060. The standard InChI is InChI=1S/C24H19NO6/c26-22(31-25-23(27)20-8-4-5-9-21(20)24(25)28)16-17-10-12-19(13-11-17)30-15-14-29-18-6-2-1-3-7-18/h1-13H,14-16H2. The fourth-order valence-electron chi connectivity index (χ4n) is 3.09. The summed E-state index contributed by atoms with van der Waals surface area (Å²) < 4.78 is 11.2. The van der Waals surface area contributed by atoms with Gasteiger partial charge in [-0.15, -0.1) is 0 Å². The monoisotopic (exact) mass is 417 g/mol. The number of hydrogen-bond acceptors (Lipinski definition) is 6. The smallest absolute Gasteiger partial charge is 0.337 e. The molecule has 0 spiro atoms. The minimum absolute atomic E-state index is 0.0925. The van der Waals surface area contributed by atoms with Crippen molar-refractivity contribution in [3.8, 4) is 11.5 Å². The molecule has 31 heavy (non-hydrogen) atoms. The van der Waals surface area contributed by atoms with Crippen molar-refractivity contribution in [3.05, 3.63) is 95.6 Å². The van der Waals surface area contributed by atoms with Gasteiger partial charge < -0.3 is 14.3 Å². The summed E-state index contributed by atoms with van der Waals surface area (Å²) in [5.41, 5.74) is 1.10. The first-order valence-electron chi connectivity index (χ1n) is 9.70.